The van der Waals surface area contributed by atoms with Crippen LogP contribution in [0.25, 0.3) is 0 Å². The van der Waals surface area contributed by atoms with E-state index in [4.69, 9.17) is 0 Å². The zero-order chi connectivity index (χ0) is 15.8. The average Bonchev–Trinajstić information content (AvgIpc) is 2.56. The van der Waals surface area contributed by atoms with Gasteiger partial charge in [-0.25, -0.2) is 4.98 Å². The Hall–Kier alpha value is -1.05. The number of nitrogens with one attached hydrogen (secondary N) is 1. The molecular formula is C17H30IN5. The summed E-state index contributed by atoms with van der Waals surface area (Å²) in [5, 5.41) is 3.49. The van der Waals surface area contributed by atoms with Gasteiger partial charge in [0, 0.05) is 46.0 Å². The quantitative estimate of drug-likeness (QED) is 0.337. The van der Waals surface area contributed by atoms with E-state index in [1.807, 2.05) is 25.4 Å². The predicted molar refractivity (Wildman–Crippen MR) is 109 cm³/mol. The molecule has 2 heterocycles. The van der Waals surface area contributed by atoms with E-state index in [1.165, 1.54) is 12.8 Å². The SMILES string of the molecule is CN=C(NCCCC(C)C)N1CCN(c2ccccn2)CC1.I. The molecule has 0 aromatic carbocycles. The lowest BCUT2D eigenvalue weighted by Crippen LogP contribution is -2.52. The highest BCUT2D eigenvalue weighted by Gasteiger charge is 2.20. The number of halogens is 1. The summed E-state index contributed by atoms with van der Waals surface area (Å²) in [7, 11) is 1.87. The number of rotatable bonds is 5. The molecule has 6 heteroatoms. The third-order valence-corrected chi connectivity index (χ3v) is 4.01. The van der Waals surface area contributed by atoms with Gasteiger partial charge in [-0.3, -0.25) is 4.99 Å². The fourth-order valence-corrected chi connectivity index (χ4v) is 2.73. The first-order chi connectivity index (χ1) is 10.7. The Labute approximate surface area is 157 Å². The molecule has 0 saturated carbocycles. The summed E-state index contributed by atoms with van der Waals surface area (Å²) in [6.45, 7) is 9.50. The lowest BCUT2D eigenvalue weighted by atomic mass is 10.1. The van der Waals surface area contributed by atoms with Crippen molar-refractivity contribution in [1.82, 2.24) is 15.2 Å². The number of guanidine groups is 1. The lowest BCUT2D eigenvalue weighted by Gasteiger charge is -2.37. The summed E-state index contributed by atoms with van der Waals surface area (Å²) in [6, 6.07) is 6.08. The first kappa shape index (κ1) is 20.0. The van der Waals surface area contributed by atoms with Gasteiger partial charge in [-0.2, -0.15) is 0 Å². The zero-order valence-corrected chi connectivity index (χ0v) is 16.9. The molecule has 1 aliphatic heterocycles. The third kappa shape index (κ3) is 6.53. The molecule has 0 amide bonds. The van der Waals surface area contributed by atoms with E-state index in [1.54, 1.807) is 0 Å². The van der Waals surface area contributed by atoms with Crippen LogP contribution in [0.3, 0.4) is 0 Å². The second-order valence-corrected chi connectivity index (χ2v) is 6.17. The van der Waals surface area contributed by atoms with Crippen molar-refractivity contribution >= 4 is 35.8 Å². The molecule has 1 aromatic heterocycles. The topological polar surface area (TPSA) is 43.8 Å². The molecule has 2 rings (SSSR count). The maximum absolute atomic E-state index is 4.43. The van der Waals surface area contributed by atoms with Gasteiger partial charge < -0.3 is 15.1 Å². The number of hydrogen-bond acceptors (Lipinski definition) is 3. The van der Waals surface area contributed by atoms with Crippen molar-refractivity contribution in [1.29, 1.82) is 0 Å². The van der Waals surface area contributed by atoms with Crippen LogP contribution in [0.5, 0.6) is 0 Å². The van der Waals surface area contributed by atoms with E-state index in [0.29, 0.717) is 0 Å². The fourth-order valence-electron chi connectivity index (χ4n) is 2.73. The van der Waals surface area contributed by atoms with Gasteiger partial charge in [0.15, 0.2) is 5.96 Å². The molecule has 5 nitrogen and oxygen atoms in total. The van der Waals surface area contributed by atoms with E-state index >= 15 is 0 Å². The second kappa shape index (κ2) is 10.7. The van der Waals surface area contributed by atoms with Crippen molar-refractivity contribution in [3.8, 4) is 0 Å². The minimum absolute atomic E-state index is 0. The number of piperazine rings is 1. The van der Waals surface area contributed by atoms with Gasteiger partial charge in [0.1, 0.15) is 5.82 Å². The van der Waals surface area contributed by atoms with E-state index in [-0.39, 0.29) is 24.0 Å². The molecule has 1 fully saturated rings. The van der Waals surface area contributed by atoms with Crippen LogP contribution in [-0.2, 0) is 0 Å². The number of pyridine rings is 1. The van der Waals surface area contributed by atoms with Crippen LogP contribution in [0.15, 0.2) is 29.4 Å². The Morgan fingerprint density at radius 2 is 2.00 bits per heavy atom. The number of nitrogens with zero attached hydrogens (tertiary/aromatic N) is 4. The average molecular weight is 431 g/mol. The highest BCUT2D eigenvalue weighted by atomic mass is 127. The molecule has 0 atom stereocenters. The Morgan fingerprint density at radius 1 is 1.26 bits per heavy atom. The maximum atomic E-state index is 4.43. The van der Waals surface area contributed by atoms with Crippen LogP contribution in [0.4, 0.5) is 5.82 Å². The molecule has 0 radical (unpaired) electrons. The Bertz CT molecular complexity index is 455. The summed E-state index contributed by atoms with van der Waals surface area (Å²) in [6.07, 6.45) is 4.32. The summed E-state index contributed by atoms with van der Waals surface area (Å²) in [5.41, 5.74) is 0. The molecule has 1 N–H and O–H groups in total. The molecule has 0 aliphatic carbocycles. The van der Waals surface area contributed by atoms with Gasteiger partial charge in [0.05, 0.1) is 0 Å². The molecule has 1 aromatic rings. The minimum atomic E-state index is 0. The number of hydrogen-bond donors (Lipinski definition) is 1. The van der Waals surface area contributed by atoms with E-state index in [2.05, 4.69) is 45.0 Å². The smallest absolute Gasteiger partial charge is 0.193 e. The molecular weight excluding hydrogens is 401 g/mol. The van der Waals surface area contributed by atoms with Gasteiger partial charge in [-0.05, 0) is 30.9 Å². The molecule has 0 spiro atoms. The Morgan fingerprint density at radius 3 is 2.57 bits per heavy atom. The van der Waals surface area contributed by atoms with Crippen LogP contribution in [0.1, 0.15) is 26.7 Å². The van der Waals surface area contributed by atoms with E-state index in [0.717, 1.165) is 50.4 Å². The monoisotopic (exact) mass is 431 g/mol. The summed E-state index contributed by atoms with van der Waals surface area (Å²) in [5.74, 6) is 2.87. The first-order valence-electron chi connectivity index (χ1n) is 8.32. The fraction of sp³-hybridized carbons (Fsp3) is 0.647. The van der Waals surface area contributed by atoms with Crippen LogP contribution in [-0.4, -0.2) is 55.6 Å². The van der Waals surface area contributed by atoms with Crippen molar-refractivity contribution in [2.45, 2.75) is 26.7 Å². The van der Waals surface area contributed by atoms with Gasteiger partial charge in [-0.15, -0.1) is 24.0 Å². The molecule has 23 heavy (non-hydrogen) atoms. The van der Waals surface area contributed by atoms with E-state index < -0.39 is 0 Å². The van der Waals surface area contributed by atoms with Crippen molar-refractivity contribution in [2.75, 3.05) is 44.7 Å². The van der Waals surface area contributed by atoms with Gasteiger partial charge in [0.2, 0.25) is 0 Å². The minimum Gasteiger partial charge on any atom is -0.356 e. The normalized spacial score (nSPS) is 15.6. The first-order valence-corrected chi connectivity index (χ1v) is 8.32. The van der Waals surface area contributed by atoms with Crippen molar-refractivity contribution in [2.24, 2.45) is 10.9 Å². The largest absolute Gasteiger partial charge is 0.356 e. The number of aromatic nitrogens is 1. The Kier molecular flexibility index (Phi) is 9.28. The molecule has 0 bridgehead atoms. The molecule has 0 unspecified atom stereocenters. The van der Waals surface area contributed by atoms with E-state index in [9.17, 15) is 0 Å². The van der Waals surface area contributed by atoms with Gasteiger partial charge in [0.25, 0.3) is 0 Å². The summed E-state index contributed by atoms with van der Waals surface area (Å²) >= 11 is 0. The van der Waals surface area contributed by atoms with Crippen molar-refractivity contribution in [3.05, 3.63) is 24.4 Å². The second-order valence-electron chi connectivity index (χ2n) is 6.17. The van der Waals surface area contributed by atoms with Crippen LogP contribution < -0.4 is 10.2 Å². The third-order valence-electron chi connectivity index (χ3n) is 4.01. The predicted octanol–water partition coefficient (Wildman–Crippen LogP) is 2.83. The number of anilines is 1. The Balaban J connectivity index is 0.00000264. The zero-order valence-electron chi connectivity index (χ0n) is 14.5. The van der Waals surface area contributed by atoms with Crippen molar-refractivity contribution in [3.63, 3.8) is 0 Å². The summed E-state index contributed by atoms with van der Waals surface area (Å²) in [4.78, 5) is 13.5. The standard InChI is InChI=1S/C17H29N5.HI/c1-15(2)7-6-10-20-17(18-3)22-13-11-21(12-14-22)16-8-4-5-9-19-16;/h4-5,8-9,15H,6-7,10-14H2,1-3H3,(H,18,20);1H. The van der Waals surface area contributed by atoms with Crippen molar-refractivity contribution < 1.29 is 0 Å². The maximum Gasteiger partial charge on any atom is 0.193 e. The lowest BCUT2D eigenvalue weighted by molar-refractivity contribution is 0.370. The molecule has 130 valence electrons. The number of aliphatic imine (C=N–C) groups is 1. The molecule has 1 saturated heterocycles. The highest BCUT2D eigenvalue weighted by molar-refractivity contribution is 14.0. The highest BCUT2D eigenvalue weighted by Crippen LogP contribution is 2.12. The van der Waals surface area contributed by atoms with Crippen LogP contribution >= 0.6 is 24.0 Å². The summed E-state index contributed by atoms with van der Waals surface area (Å²) < 4.78 is 0. The van der Waals surface area contributed by atoms with Gasteiger partial charge >= 0.3 is 0 Å². The van der Waals surface area contributed by atoms with Gasteiger partial charge in [-0.1, -0.05) is 19.9 Å². The van der Waals surface area contributed by atoms with Crippen LogP contribution in [0.2, 0.25) is 0 Å². The molecule has 1 aliphatic rings. The van der Waals surface area contributed by atoms with Crippen LogP contribution in [0, 0.1) is 5.92 Å².